The van der Waals surface area contributed by atoms with E-state index >= 15 is 0 Å². The Labute approximate surface area is 156 Å². The zero-order valence-corrected chi connectivity index (χ0v) is 16.0. The predicted molar refractivity (Wildman–Crippen MR) is 97.7 cm³/mol. The molecule has 1 aromatic carbocycles. The van der Waals surface area contributed by atoms with Crippen LogP contribution in [0.15, 0.2) is 40.6 Å². The van der Waals surface area contributed by atoms with Gasteiger partial charge in [0.15, 0.2) is 0 Å². The molecule has 1 aliphatic heterocycles. The average molecular weight is 402 g/mol. The summed E-state index contributed by atoms with van der Waals surface area (Å²) in [6.07, 6.45) is 0. The van der Waals surface area contributed by atoms with Crippen LogP contribution < -0.4 is 4.72 Å². The minimum absolute atomic E-state index is 0.114. The Bertz CT molecular complexity index is 815. The molecule has 9 heteroatoms. The number of piperazine rings is 1. The Morgan fingerprint density at radius 3 is 2.38 bits per heavy atom. The van der Waals surface area contributed by atoms with Gasteiger partial charge in [-0.25, -0.2) is 21.9 Å². The van der Waals surface area contributed by atoms with Crippen LogP contribution in [0.1, 0.15) is 10.9 Å². The number of benzene rings is 1. The molecular weight excluding hydrogens is 380 g/mol. The number of rotatable bonds is 6. The Hall–Kier alpha value is -1.39. The largest absolute Gasteiger partial charge is 0.304 e. The molecule has 0 bridgehead atoms. The van der Waals surface area contributed by atoms with Crippen LogP contribution in [0.5, 0.6) is 0 Å². The minimum atomic E-state index is -4.00. The summed E-state index contributed by atoms with van der Waals surface area (Å²) in [5, 5.41) is 1.95. The fourth-order valence-electron chi connectivity index (χ4n) is 2.98. The first kappa shape index (κ1) is 19.4. The number of sulfonamides is 1. The Kier molecular flexibility index (Phi) is 6.03. The maximum atomic E-state index is 13.4. The molecule has 142 valence electrons. The summed E-state index contributed by atoms with van der Waals surface area (Å²) in [5.41, 5.74) is 0. The molecule has 1 N–H and O–H groups in total. The number of hydrogen-bond donors (Lipinski definition) is 1. The second-order valence-corrected chi connectivity index (χ2v) is 9.07. The zero-order valence-electron chi connectivity index (χ0n) is 14.4. The van der Waals surface area contributed by atoms with Crippen LogP contribution in [0.3, 0.4) is 0 Å². The second-order valence-electron chi connectivity index (χ2n) is 6.33. The van der Waals surface area contributed by atoms with Crippen molar-refractivity contribution in [1.29, 1.82) is 0 Å². The van der Waals surface area contributed by atoms with E-state index in [0.717, 1.165) is 43.2 Å². The fourth-order valence-corrected chi connectivity index (χ4v) is 4.92. The van der Waals surface area contributed by atoms with Crippen molar-refractivity contribution in [2.75, 3.05) is 39.8 Å². The predicted octanol–water partition coefficient (Wildman–Crippen LogP) is 2.29. The normalized spacial score (nSPS) is 18.1. The van der Waals surface area contributed by atoms with Crippen molar-refractivity contribution in [3.05, 3.63) is 52.2 Å². The van der Waals surface area contributed by atoms with E-state index in [4.69, 9.17) is 0 Å². The average Bonchev–Trinajstić information content (AvgIpc) is 3.10. The monoisotopic (exact) mass is 401 g/mol. The van der Waals surface area contributed by atoms with Gasteiger partial charge in [-0.1, -0.05) is 6.07 Å². The first-order valence-corrected chi connectivity index (χ1v) is 10.6. The molecule has 1 saturated heterocycles. The van der Waals surface area contributed by atoms with Gasteiger partial charge < -0.3 is 4.90 Å². The molecule has 0 radical (unpaired) electrons. The molecular formula is C17H21F2N3O2S2. The highest BCUT2D eigenvalue weighted by atomic mass is 32.2. The number of hydrogen-bond acceptors (Lipinski definition) is 5. The van der Waals surface area contributed by atoms with Crippen LogP contribution in [0, 0.1) is 11.6 Å². The summed E-state index contributed by atoms with van der Waals surface area (Å²) in [4.78, 5) is 5.11. The lowest BCUT2D eigenvalue weighted by Gasteiger charge is -2.37. The van der Waals surface area contributed by atoms with E-state index in [2.05, 4.69) is 21.6 Å². The summed E-state index contributed by atoms with van der Waals surface area (Å²) < 4.78 is 54.2. The molecule has 3 rings (SSSR count). The SMILES string of the molecule is CN1CCN([C@@H](CNS(=O)(=O)c2cc(F)cc(F)c2)c2cccs2)CC1. The molecule has 0 saturated carbocycles. The lowest BCUT2D eigenvalue weighted by Crippen LogP contribution is -2.48. The van der Waals surface area contributed by atoms with Gasteiger partial charge in [0.2, 0.25) is 10.0 Å². The van der Waals surface area contributed by atoms with E-state index in [9.17, 15) is 17.2 Å². The van der Waals surface area contributed by atoms with Gasteiger partial charge in [-0.2, -0.15) is 0 Å². The minimum Gasteiger partial charge on any atom is -0.304 e. The highest BCUT2D eigenvalue weighted by molar-refractivity contribution is 7.89. The number of nitrogens with zero attached hydrogens (tertiary/aromatic N) is 2. The van der Waals surface area contributed by atoms with Crippen molar-refractivity contribution in [3.63, 3.8) is 0 Å². The van der Waals surface area contributed by atoms with Gasteiger partial charge in [0.25, 0.3) is 0 Å². The molecule has 5 nitrogen and oxygen atoms in total. The number of nitrogens with one attached hydrogen (secondary N) is 1. The van der Waals surface area contributed by atoms with Crippen molar-refractivity contribution in [1.82, 2.24) is 14.5 Å². The summed E-state index contributed by atoms with van der Waals surface area (Å²) in [6, 6.07) is 6.08. The van der Waals surface area contributed by atoms with Gasteiger partial charge >= 0.3 is 0 Å². The van der Waals surface area contributed by atoms with Gasteiger partial charge in [0.1, 0.15) is 11.6 Å². The van der Waals surface area contributed by atoms with E-state index in [1.165, 1.54) is 0 Å². The van der Waals surface area contributed by atoms with Crippen LogP contribution in [0.4, 0.5) is 8.78 Å². The highest BCUT2D eigenvalue weighted by Crippen LogP contribution is 2.26. The van der Waals surface area contributed by atoms with Crippen LogP contribution in [0.2, 0.25) is 0 Å². The third-order valence-electron chi connectivity index (χ3n) is 4.46. The summed E-state index contributed by atoms with van der Waals surface area (Å²) in [6.45, 7) is 3.61. The quantitative estimate of drug-likeness (QED) is 0.807. The van der Waals surface area contributed by atoms with Gasteiger partial charge in [0, 0.05) is 43.7 Å². The van der Waals surface area contributed by atoms with Crippen molar-refractivity contribution in [2.45, 2.75) is 10.9 Å². The van der Waals surface area contributed by atoms with Gasteiger partial charge in [-0.05, 0) is 30.6 Å². The molecule has 1 atom stereocenters. The lowest BCUT2D eigenvalue weighted by atomic mass is 10.2. The van der Waals surface area contributed by atoms with Crippen molar-refractivity contribution in [2.24, 2.45) is 0 Å². The van der Waals surface area contributed by atoms with E-state index in [1.54, 1.807) is 11.3 Å². The Balaban J connectivity index is 1.77. The molecule has 0 amide bonds. The smallest absolute Gasteiger partial charge is 0.240 e. The molecule has 1 aliphatic rings. The molecule has 26 heavy (non-hydrogen) atoms. The summed E-state index contributed by atoms with van der Waals surface area (Å²) in [7, 11) is -1.95. The molecule has 2 aromatic rings. The van der Waals surface area contributed by atoms with Gasteiger partial charge in [-0.3, -0.25) is 4.90 Å². The van der Waals surface area contributed by atoms with Crippen LogP contribution in [-0.4, -0.2) is 58.0 Å². The zero-order chi connectivity index (χ0) is 18.7. The van der Waals surface area contributed by atoms with Crippen LogP contribution in [-0.2, 0) is 10.0 Å². The molecule has 1 aromatic heterocycles. The van der Waals surface area contributed by atoms with Crippen LogP contribution in [0.25, 0.3) is 0 Å². The van der Waals surface area contributed by atoms with Crippen LogP contribution >= 0.6 is 11.3 Å². The standard InChI is InChI=1S/C17H21F2N3O2S2/c1-21-4-6-22(7-5-21)16(17-3-2-8-25-17)12-20-26(23,24)15-10-13(18)9-14(19)11-15/h2-3,8-11,16,20H,4-7,12H2,1H3/t16-/m0/s1. The Morgan fingerprint density at radius 2 is 1.81 bits per heavy atom. The lowest BCUT2D eigenvalue weighted by molar-refractivity contribution is 0.114. The van der Waals surface area contributed by atoms with E-state index in [-0.39, 0.29) is 12.6 Å². The fraction of sp³-hybridized carbons (Fsp3) is 0.412. The topological polar surface area (TPSA) is 52.6 Å². The molecule has 2 heterocycles. The number of thiophene rings is 1. The summed E-state index contributed by atoms with van der Waals surface area (Å²) >= 11 is 1.57. The highest BCUT2D eigenvalue weighted by Gasteiger charge is 2.27. The Morgan fingerprint density at radius 1 is 1.15 bits per heavy atom. The second kappa shape index (κ2) is 8.10. The third kappa shape index (κ3) is 4.66. The van der Waals surface area contributed by atoms with E-state index < -0.39 is 26.6 Å². The van der Waals surface area contributed by atoms with Crippen molar-refractivity contribution in [3.8, 4) is 0 Å². The molecule has 1 fully saturated rings. The summed E-state index contributed by atoms with van der Waals surface area (Å²) in [5.74, 6) is -1.83. The molecule has 0 spiro atoms. The maximum Gasteiger partial charge on any atom is 0.240 e. The van der Waals surface area contributed by atoms with Gasteiger partial charge in [-0.15, -0.1) is 11.3 Å². The number of halogens is 2. The maximum absolute atomic E-state index is 13.4. The van der Waals surface area contributed by atoms with Crippen molar-refractivity contribution < 1.29 is 17.2 Å². The molecule has 0 unspecified atom stereocenters. The van der Waals surface area contributed by atoms with Crippen molar-refractivity contribution >= 4 is 21.4 Å². The first-order valence-electron chi connectivity index (χ1n) is 8.27. The number of likely N-dealkylation sites (N-methyl/N-ethyl adjacent to an activating group) is 1. The first-order chi connectivity index (χ1) is 12.3. The van der Waals surface area contributed by atoms with Gasteiger partial charge in [0.05, 0.1) is 10.9 Å². The van der Waals surface area contributed by atoms with E-state index in [1.807, 2.05) is 17.5 Å². The van der Waals surface area contributed by atoms with E-state index in [0.29, 0.717) is 6.07 Å². The third-order valence-corrected chi connectivity index (χ3v) is 6.84. The molecule has 0 aliphatic carbocycles.